The van der Waals surface area contributed by atoms with Gasteiger partial charge in [0.15, 0.2) is 5.69 Å². The Labute approximate surface area is 102 Å². The van der Waals surface area contributed by atoms with E-state index in [4.69, 9.17) is 21.4 Å². The molecule has 17 heavy (non-hydrogen) atoms. The second-order valence-electron chi connectivity index (χ2n) is 3.38. The zero-order valence-electron chi connectivity index (χ0n) is 8.92. The Kier molecular flexibility index (Phi) is 3.01. The van der Waals surface area contributed by atoms with E-state index in [2.05, 4.69) is 4.98 Å². The van der Waals surface area contributed by atoms with Crippen LogP contribution in [0.5, 0.6) is 11.8 Å². The summed E-state index contributed by atoms with van der Waals surface area (Å²) in [6.45, 7) is 0. The number of rotatable bonds is 3. The molecule has 0 radical (unpaired) electrons. The molecular formula is C11H9ClN2O3. The van der Waals surface area contributed by atoms with Crippen LogP contribution in [0.4, 0.5) is 0 Å². The molecule has 6 heteroatoms. The number of aryl methyl sites for hydroxylation is 1. The van der Waals surface area contributed by atoms with E-state index in [1.54, 1.807) is 31.3 Å². The molecule has 5 nitrogen and oxygen atoms in total. The number of hydrogen-bond acceptors (Lipinski definition) is 3. The number of imidazole rings is 1. The van der Waals surface area contributed by atoms with Crippen LogP contribution in [0.25, 0.3) is 0 Å². The summed E-state index contributed by atoms with van der Waals surface area (Å²) in [5.74, 6) is -0.593. The van der Waals surface area contributed by atoms with E-state index in [0.717, 1.165) is 0 Å². The van der Waals surface area contributed by atoms with E-state index >= 15 is 0 Å². The Hall–Kier alpha value is -2.01. The van der Waals surface area contributed by atoms with Crippen LogP contribution in [0.15, 0.2) is 30.5 Å². The SMILES string of the molecule is Cn1cc(C(=O)O)nc1Oc1cccc(Cl)c1. The van der Waals surface area contributed by atoms with Crippen molar-refractivity contribution >= 4 is 17.6 Å². The fraction of sp³-hybridized carbons (Fsp3) is 0.0909. The van der Waals surface area contributed by atoms with Crippen LogP contribution in [0.2, 0.25) is 5.02 Å². The Morgan fingerprint density at radius 2 is 2.29 bits per heavy atom. The van der Waals surface area contributed by atoms with Crippen molar-refractivity contribution in [3.05, 3.63) is 41.2 Å². The van der Waals surface area contributed by atoms with Crippen molar-refractivity contribution < 1.29 is 14.6 Å². The van der Waals surface area contributed by atoms with Gasteiger partial charge in [0, 0.05) is 18.3 Å². The summed E-state index contributed by atoms with van der Waals surface area (Å²) < 4.78 is 6.92. The molecule has 2 aromatic rings. The molecule has 1 aromatic carbocycles. The number of nitrogens with zero attached hydrogens (tertiary/aromatic N) is 2. The van der Waals surface area contributed by atoms with Gasteiger partial charge in [0.05, 0.1) is 0 Å². The molecule has 0 aliphatic carbocycles. The van der Waals surface area contributed by atoms with Crippen molar-refractivity contribution in [2.24, 2.45) is 7.05 Å². The van der Waals surface area contributed by atoms with Gasteiger partial charge in [0.1, 0.15) is 5.75 Å². The van der Waals surface area contributed by atoms with E-state index in [0.29, 0.717) is 10.8 Å². The lowest BCUT2D eigenvalue weighted by Gasteiger charge is -2.04. The van der Waals surface area contributed by atoms with E-state index in [9.17, 15) is 4.79 Å². The molecular weight excluding hydrogens is 244 g/mol. The molecule has 0 saturated heterocycles. The van der Waals surface area contributed by atoms with Crippen LogP contribution < -0.4 is 4.74 Å². The Morgan fingerprint density at radius 3 is 2.88 bits per heavy atom. The Balaban J connectivity index is 2.27. The monoisotopic (exact) mass is 252 g/mol. The van der Waals surface area contributed by atoms with Crippen molar-refractivity contribution in [3.63, 3.8) is 0 Å². The van der Waals surface area contributed by atoms with Crippen molar-refractivity contribution in [1.29, 1.82) is 0 Å². The minimum atomic E-state index is -1.10. The molecule has 88 valence electrons. The number of aromatic carboxylic acids is 1. The van der Waals surface area contributed by atoms with Crippen molar-refractivity contribution in [1.82, 2.24) is 9.55 Å². The molecule has 1 heterocycles. The maximum Gasteiger partial charge on any atom is 0.356 e. The number of hydrogen-bond donors (Lipinski definition) is 1. The van der Waals surface area contributed by atoms with Gasteiger partial charge in [-0.05, 0) is 18.2 Å². The summed E-state index contributed by atoms with van der Waals surface area (Å²) in [7, 11) is 1.65. The second-order valence-corrected chi connectivity index (χ2v) is 3.82. The summed E-state index contributed by atoms with van der Waals surface area (Å²) >= 11 is 5.81. The second kappa shape index (κ2) is 4.47. The molecule has 0 aliphatic rings. The third-order valence-corrected chi connectivity index (χ3v) is 2.29. The normalized spacial score (nSPS) is 10.2. The number of benzene rings is 1. The molecule has 0 saturated carbocycles. The van der Waals surface area contributed by atoms with E-state index in [-0.39, 0.29) is 11.7 Å². The van der Waals surface area contributed by atoms with Gasteiger partial charge in [0.2, 0.25) is 0 Å². The molecule has 0 aliphatic heterocycles. The fourth-order valence-corrected chi connectivity index (χ4v) is 1.46. The third-order valence-electron chi connectivity index (χ3n) is 2.06. The van der Waals surface area contributed by atoms with Gasteiger partial charge >= 0.3 is 12.0 Å². The first kappa shape index (κ1) is 11.5. The molecule has 0 bridgehead atoms. The van der Waals surface area contributed by atoms with Gasteiger partial charge in [0.25, 0.3) is 0 Å². The molecule has 2 rings (SSSR count). The summed E-state index contributed by atoms with van der Waals surface area (Å²) in [5, 5.41) is 9.32. The summed E-state index contributed by atoms with van der Waals surface area (Å²) in [6, 6.07) is 6.98. The average Bonchev–Trinajstić information content (AvgIpc) is 2.61. The number of carboxylic acids is 1. The van der Waals surface area contributed by atoms with E-state index < -0.39 is 5.97 Å². The summed E-state index contributed by atoms with van der Waals surface area (Å²) in [4.78, 5) is 14.6. The predicted octanol–water partition coefficient (Wildman–Crippen LogP) is 2.56. The van der Waals surface area contributed by atoms with Crippen LogP contribution in [-0.2, 0) is 7.05 Å². The molecule has 0 amide bonds. The zero-order valence-corrected chi connectivity index (χ0v) is 9.68. The van der Waals surface area contributed by atoms with Gasteiger partial charge in [-0.1, -0.05) is 17.7 Å². The molecule has 0 fully saturated rings. The zero-order chi connectivity index (χ0) is 12.4. The maximum absolute atomic E-state index is 10.7. The molecule has 0 atom stereocenters. The van der Waals surface area contributed by atoms with Gasteiger partial charge in [-0.25, -0.2) is 4.79 Å². The standard InChI is InChI=1S/C11H9ClN2O3/c1-14-6-9(10(15)16)13-11(14)17-8-4-2-3-7(12)5-8/h2-6H,1H3,(H,15,16). The lowest BCUT2D eigenvalue weighted by Crippen LogP contribution is -1.95. The minimum Gasteiger partial charge on any atom is -0.476 e. The number of aromatic nitrogens is 2. The highest BCUT2D eigenvalue weighted by molar-refractivity contribution is 6.30. The highest BCUT2D eigenvalue weighted by atomic mass is 35.5. The smallest absolute Gasteiger partial charge is 0.356 e. The first-order valence-corrected chi connectivity index (χ1v) is 5.14. The highest BCUT2D eigenvalue weighted by Crippen LogP contribution is 2.23. The van der Waals surface area contributed by atoms with Gasteiger partial charge in [-0.15, -0.1) is 0 Å². The average molecular weight is 253 g/mol. The molecule has 0 unspecified atom stereocenters. The van der Waals surface area contributed by atoms with Crippen LogP contribution in [0.3, 0.4) is 0 Å². The van der Waals surface area contributed by atoms with Crippen LogP contribution >= 0.6 is 11.6 Å². The Morgan fingerprint density at radius 1 is 1.53 bits per heavy atom. The predicted molar refractivity (Wildman–Crippen MR) is 61.7 cm³/mol. The van der Waals surface area contributed by atoms with Gasteiger partial charge in [-0.2, -0.15) is 4.98 Å². The largest absolute Gasteiger partial charge is 0.476 e. The van der Waals surface area contributed by atoms with Crippen LogP contribution in [-0.4, -0.2) is 20.6 Å². The number of carbonyl (C=O) groups is 1. The Bertz CT molecular complexity index is 566. The summed E-state index contributed by atoms with van der Waals surface area (Å²) in [6.07, 6.45) is 1.38. The van der Waals surface area contributed by atoms with Gasteiger partial charge < -0.3 is 14.4 Å². The van der Waals surface area contributed by atoms with Crippen molar-refractivity contribution in [2.45, 2.75) is 0 Å². The third kappa shape index (κ3) is 2.57. The molecule has 0 spiro atoms. The topological polar surface area (TPSA) is 64.4 Å². The van der Waals surface area contributed by atoms with Crippen molar-refractivity contribution in [3.8, 4) is 11.8 Å². The minimum absolute atomic E-state index is 0.0653. The quantitative estimate of drug-likeness (QED) is 0.912. The highest BCUT2D eigenvalue weighted by Gasteiger charge is 2.12. The number of carboxylic acid groups (broad SMARTS) is 1. The lowest BCUT2D eigenvalue weighted by atomic mass is 10.3. The molecule has 1 aromatic heterocycles. The van der Waals surface area contributed by atoms with Gasteiger partial charge in [-0.3, -0.25) is 0 Å². The van der Waals surface area contributed by atoms with E-state index in [1.165, 1.54) is 10.8 Å². The lowest BCUT2D eigenvalue weighted by molar-refractivity contribution is 0.0690. The number of ether oxygens (including phenoxy) is 1. The first-order valence-electron chi connectivity index (χ1n) is 4.76. The number of halogens is 1. The maximum atomic E-state index is 10.7. The van der Waals surface area contributed by atoms with Crippen molar-refractivity contribution in [2.75, 3.05) is 0 Å². The van der Waals surface area contributed by atoms with Crippen LogP contribution in [0.1, 0.15) is 10.5 Å². The molecule has 1 N–H and O–H groups in total. The fourth-order valence-electron chi connectivity index (χ4n) is 1.28. The first-order chi connectivity index (χ1) is 8.06. The summed E-state index contributed by atoms with van der Waals surface area (Å²) in [5.41, 5.74) is -0.0653. The van der Waals surface area contributed by atoms with Crippen LogP contribution in [0, 0.1) is 0 Å². The van der Waals surface area contributed by atoms with E-state index in [1.807, 2.05) is 0 Å².